The molecule has 1 aliphatic heterocycles. The van der Waals surface area contributed by atoms with Crippen LogP contribution in [-0.2, 0) is 19.2 Å². The van der Waals surface area contributed by atoms with Gasteiger partial charge in [0.15, 0.2) is 0 Å². The summed E-state index contributed by atoms with van der Waals surface area (Å²) >= 11 is 0. The van der Waals surface area contributed by atoms with Gasteiger partial charge in [0.25, 0.3) is 5.91 Å². The summed E-state index contributed by atoms with van der Waals surface area (Å²) < 4.78 is 267. The van der Waals surface area contributed by atoms with Gasteiger partial charge in [-0.25, -0.2) is 4.79 Å². The van der Waals surface area contributed by atoms with Gasteiger partial charge in [-0.3, -0.25) is 19.2 Å². The topological polar surface area (TPSA) is 151 Å². The lowest BCUT2D eigenvalue weighted by Gasteiger charge is -2.36. The Morgan fingerprint density at radius 2 is 1.79 bits per heavy atom. The largest absolute Gasteiger partial charge is 0.363 e. The molecule has 10 nitrogen and oxygen atoms in total. The van der Waals surface area contributed by atoms with Crippen molar-refractivity contribution in [3.63, 3.8) is 0 Å². The fourth-order valence-corrected chi connectivity index (χ4v) is 4.22. The standard InChI is InChI=1S/C28H47N5O5/c1-26(2,3)13-18(31-25(38)32-27(4,5)6)24(37)33-14-16-19(28(16,7)8)20(33)23(36)30-17(21(34)22(29)35)12-15-10-9-11-15/h15-20H,9-14H2,1-8H3,(H2,29,35)(H,30,36)(H2,31,32,38)/t16-,17?,18-,19-,20-/m0/s1/i1D3,2D3,3D3,4D3,5D3,6D3,7D3,8D3,9D2,10D2,11D2,12D2,15D. The van der Waals surface area contributed by atoms with Gasteiger partial charge in [-0.15, -0.1) is 0 Å². The van der Waals surface area contributed by atoms with Crippen LogP contribution in [-0.4, -0.2) is 64.6 Å². The van der Waals surface area contributed by atoms with Gasteiger partial charge in [0.05, 0.1) is 6.04 Å². The van der Waals surface area contributed by atoms with E-state index in [1.807, 2.05) is 0 Å². The number of hydrogen-bond donors (Lipinski definition) is 4. The first-order chi connectivity index (χ1) is 30.7. The van der Waals surface area contributed by atoms with Crippen LogP contribution in [0.15, 0.2) is 0 Å². The number of piperidine rings is 1. The van der Waals surface area contributed by atoms with Crippen LogP contribution in [0.1, 0.15) is 132 Å². The Kier molecular flexibility index (Phi) is 2.33. The zero-order valence-electron chi connectivity index (χ0n) is 52.4. The first-order valence-corrected chi connectivity index (χ1v) is 10.8. The van der Waals surface area contributed by atoms with E-state index in [0.29, 0.717) is 0 Å². The third-order valence-electron chi connectivity index (χ3n) is 5.93. The number of nitrogens with two attached hydrogens (primary N) is 1. The summed E-state index contributed by atoms with van der Waals surface area (Å²) in [4.78, 5) is 69.4. The number of Topliss-reactive ketones (excluding diaryl/α,β-unsaturated/α-hetero) is 1. The van der Waals surface area contributed by atoms with E-state index in [1.165, 1.54) is 10.6 Å². The second-order valence-electron chi connectivity index (χ2n) is 9.01. The number of carbonyl (C=O) groups is 5. The Labute approximate surface area is 272 Å². The number of hydrogen-bond acceptors (Lipinski definition) is 5. The van der Waals surface area contributed by atoms with Crippen LogP contribution >= 0.6 is 0 Å². The van der Waals surface area contributed by atoms with Crippen molar-refractivity contribution < 1.29 is 69.2 Å². The zero-order chi connectivity index (χ0) is 56.9. The molecular weight excluding hydrogens is 486 g/mol. The number of carbonyl (C=O) groups excluding carboxylic acids is 5. The normalized spacial score (nSPS) is 46.6. The molecule has 1 heterocycles. The highest BCUT2D eigenvalue weighted by atomic mass is 16.2. The van der Waals surface area contributed by atoms with Crippen LogP contribution in [0.3, 0.4) is 0 Å². The van der Waals surface area contributed by atoms with Crippen LogP contribution in [0.2, 0.25) is 0 Å². The van der Waals surface area contributed by atoms with Crippen molar-refractivity contribution >= 4 is 29.5 Å². The summed E-state index contributed by atoms with van der Waals surface area (Å²) in [6, 6.07) is -12.0. The maximum absolute atomic E-state index is 15.0. The number of nitrogens with zero attached hydrogens (tertiary/aromatic N) is 1. The van der Waals surface area contributed by atoms with Crippen LogP contribution < -0.4 is 21.7 Å². The molecular formula is C28H47N5O5. The lowest BCUT2D eigenvalue weighted by Crippen LogP contribution is -2.60. The quantitative estimate of drug-likeness (QED) is 0.315. The van der Waals surface area contributed by atoms with Crippen LogP contribution in [0.25, 0.3) is 0 Å². The highest BCUT2D eigenvalue weighted by Crippen LogP contribution is 2.65. The number of amides is 5. The molecule has 5 atom stereocenters. The second-order valence-corrected chi connectivity index (χ2v) is 9.01. The van der Waals surface area contributed by atoms with Gasteiger partial charge < -0.3 is 26.6 Å². The van der Waals surface area contributed by atoms with Gasteiger partial charge in [-0.1, -0.05) is 53.4 Å². The fraction of sp³-hybridized carbons (Fsp3) is 0.821. The molecule has 10 heteroatoms. The van der Waals surface area contributed by atoms with Crippen molar-refractivity contribution in [2.24, 2.45) is 34.3 Å². The van der Waals surface area contributed by atoms with E-state index in [2.05, 4.69) is 0 Å². The number of rotatable bonds is 9. The van der Waals surface area contributed by atoms with E-state index in [0.717, 1.165) is 5.32 Å². The van der Waals surface area contributed by atoms with Crippen molar-refractivity contribution in [1.29, 1.82) is 0 Å². The van der Waals surface area contributed by atoms with E-state index in [-0.39, 0.29) is 4.90 Å². The highest BCUT2D eigenvalue weighted by Gasteiger charge is 2.69. The van der Waals surface area contributed by atoms with Gasteiger partial charge in [0, 0.05) is 57.3 Å². The van der Waals surface area contributed by atoms with Crippen molar-refractivity contribution in [1.82, 2.24) is 20.9 Å². The van der Waals surface area contributed by atoms with E-state index < -0.39 is 175 Å². The molecule has 2 aliphatic carbocycles. The average molecular weight is 567 g/mol. The lowest BCUT2D eigenvalue weighted by atomic mass is 9.80. The maximum Gasteiger partial charge on any atom is 0.315 e. The zero-order valence-corrected chi connectivity index (χ0v) is 19.4. The first kappa shape index (κ1) is 8.43. The van der Waals surface area contributed by atoms with Crippen LogP contribution in [0.5, 0.6) is 0 Å². The number of ketones is 1. The van der Waals surface area contributed by atoms with Crippen molar-refractivity contribution in [2.45, 2.75) is 110 Å². The lowest BCUT2D eigenvalue weighted by molar-refractivity contribution is -0.144. The number of likely N-dealkylation sites (tertiary alicyclic amines) is 1. The van der Waals surface area contributed by atoms with Gasteiger partial charge in [-0.05, 0) is 61.9 Å². The Hall–Kier alpha value is -2.65. The number of primary amides is 1. The predicted molar refractivity (Wildman–Crippen MR) is 144 cm³/mol. The molecule has 214 valence electrons. The summed E-state index contributed by atoms with van der Waals surface area (Å²) in [7, 11) is 0. The third-order valence-corrected chi connectivity index (χ3v) is 5.93. The molecule has 5 N–H and O–H groups in total. The molecule has 1 saturated heterocycles. The second kappa shape index (κ2) is 10.5. The summed E-state index contributed by atoms with van der Waals surface area (Å²) in [5.41, 5.74) is -6.68. The number of fused-ring (bicyclic) bond motifs is 1. The number of nitrogens with one attached hydrogen (secondary N) is 3. The van der Waals surface area contributed by atoms with Crippen LogP contribution in [0.4, 0.5) is 4.79 Å². The van der Waals surface area contributed by atoms with E-state index >= 15 is 4.79 Å². The Bertz CT molecular complexity index is 2040. The molecule has 5 amide bonds. The molecule has 2 saturated carbocycles. The predicted octanol–water partition coefficient (Wildman–Crippen LogP) is 2.10. The maximum atomic E-state index is 15.0. The molecule has 1 unspecified atom stereocenters. The molecule has 0 bridgehead atoms. The fourth-order valence-electron chi connectivity index (χ4n) is 4.22. The van der Waals surface area contributed by atoms with Crippen molar-refractivity contribution in [3.8, 4) is 0 Å². The summed E-state index contributed by atoms with van der Waals surface area (Å²) in [5, 5.41) is 4.07. The minimum Gasteiger partial charge on any atom is -0.363 e. The van der Waals surface area contributed by atoms with Gasteiger partial charge >= 0.3 is 6.03 Å². The van der Waals surface area contributed by atoms with Gasteiger partial charge in [0.1, 0.15) is 12.1 Å². The average Bonchev–Trinajstić information content (AvgIpc) is 3.64. The number of urea groups is 1. The molecule has 0 aromatic heterocycles. The molecule has 0 spiro atoms. The molecule has 0 aromatic rings. The highest BCUT2D eigenvalue weighted by molar-refractivity contribution is 6.37. The Balaban J connectivity index is 2.48. The van der Waals surface area contributed by atoms with Gasteiger partial charge in [0.2, 0.25) is 17.6 Å². The summed E-state index contributed by atoms with van der Waals surface area (Å²) in [6.07, 6.45) is -18.4. The van der Waals surface area contributed by atoms with Crippen molar-refractivity contribution in [2.75, 3.05) is 6.54 Å². The Morgan fingerprint density at radius 3 is 2.37 bits per heavy atom. The smallest absolute Gasteiger partial charge is 0.315 e. The summed E-state index contributed by atoms with van der Waals surface area (Å²) in [5.74, 6) is -17.5. The third kappa shape index (κ3) is 6.86. The summed E-state index contributed by atoms with van der Waals surface area (Å²) in [6.45, 7) is -34.7. The molecule has 3 rings (SSSR count). The molecule has 0 aromatic carbocycles. The van der Waals surface area contributed by atoms with Crippen LogP contribution in [0, 0.1) is 28.6 Å². The first-order valence-electron chi connectivity index (χ1n) is 27.3. The monoisotopic (exact) mass is 567 g/mol. The van der Waals surface area contributed by atoms with E-state index in [4.69, 9.17) is 51.0 Å². The Morgan fingerprint density at radius 1 is 1.11 bits per heavy atom. The van der Waals surface area contributed by atoms with Crippen molar-refractivity contribution in [3.05, 3.63) is 0 Å². The minimum atomic E-state index is -4.36. The SMILES string of the molecule is [2H]C([2H])([2H])C1(C([2H])([2H])[2H])[C@@H]2[C@@H](C(=O)NC(C(=O)C(N)=O)C([2H])([2H])C3([2H])C([2H])([2H])C([2H])([2H])C3([2H])[2H])N(C(=O)[C@H](CC(C([2H])([2H])[2H])(C([2H])([2H])[2H])C([2H])([2H])[2H])NC(=O)NC(C([2H])([2H])[2H])(C([2H])([2H])[2H])C([2H])([2H])[2H])C[C@@H]21. The molecule has 38 heavy (non-hydrogen) atoms. The van der Waals surface area contributed by atoms with Gasteiger partial charge in [-0.2, -0.15) is 0 Å². The minimum absolute atomic E-state index is 0.0163. The van der Waals surface area contributed by atoms with E-state index in [9.17, 15) is 19.2 Å². The molecule has 3 fully saturated rings. The molecule has 3 aliphatic rings. The van der Waals surface area contributed by atoms with E-state index in [1.54, 1.807) is 0 Å². The molecule has 0 radical (unpaired) electrons.